The number of nitrogens with one attached hydrogen (secondary N) is 1. The van der Waals surface area contributed by atoms with Crippen LogP contribution in [0, 0.1) is 0 Å². The highest BCUT2D eigenvalue weighted by molar-refractivity contribution is 6.14. The van der Waals surface area contributed by atoms with Crippen molar-refractivity contribution in [1.82, 2.24) is 4.98 Å². The minimum atomic E-state index is -0.104. The van der Waals surface area contributed by atoms with Gasteiger partial charge in [0, 0.05) is 55.1 Å². The maximum atomic E-state index is 6.29. The van der Waals surface area contributed by atoms with Gasteiger partial charge in [-0.15, -0.1) is 0 Å². The van der Waals surface area contributed by atoms with Crippen LogP contribution in [0.4, 0.5) is 17.1 Å². The van der Waals surface area contributed by atoms with Crippen LogP contribution in [0.5, 0.6) is 0 Å². The zero-order chi connectivity index (χ0) is 36.0. The van der Waals surface area contributed by atoms with Crippen molar-refractivity contribution in [3.05, 3.63) is 187 Å². The van der Waals surface area contributed by atoms with Crippen molar-refractivity contribution in [3.8, 4) is 33.4 Å². The summed E-state index contributed by atoms with van der Waals surface area (Å²) in [7, 11) is 0. The highest BCUT2D eigenvalue weighted by Gasteiger charge is 2.35. The van der Waals surface area contributed by atoms with Crippen LogP contribution in [0.1, 0.15) is 25.0 Å². The van der Waals surface area contributed by atoms with E-state index in [-0.39, 0.29) is 5.41 Å². The van der Waals surface area contributed by atoms with Crippen molar-refractivity contribution in [3.63, 3.8) is 0 Å². The first-order valence-electron chi connectivity index (χ1n) is 18.7. The van der Waals surface area contributed by atoms with Crippen LogP contribution < -0.4 is 4.90 Å². The number of fused-ring (bicyclic) bond motifs is 9. The Bertz CT molecular complexity index is 3070. The predicted octanol–water partition coefficient (Wildman–Crippen LogP) is 14.3. The van der Waals surface area contributed by atoms with Gasteiger partial charge in [0.1, 0.15) is 11.2 Å². The van der Waals surface area contributed by atoms with Crippen LogP contribution in [-0.4, -0.2) is 4.98 Å². The van der Waals surface area contributed by atoms with Gasteiger partial charge in [-0.1, -0.05) is 129 Å². The smallest absolute Gasteiger partial charge is 0.136 e. The average molecular weight is 693 g/mol. The van der Waals surface area contributed by atoms with E-state index in [9.17, 15) is 0 Å². The molecule has 0 radical (unpaired) electrons. The lowest BCUT2D eigenvalue weighted by molar-refractivity contribution is 0.660. The number of nitrogens with zero attached hydrogens (tertiary/aromatic N) is 1. The summed E-state index contributed by atoms with van der Waals surface area (Å²) in [6, 6.07) is 63.7. The van der Waals surface area contributed by atoms with E-state index >= 15 is 0 Å². The molecule has 3 nitrogen and oxygen atoms in total. The summed E-state index contributed by atoms with van der Waals surface area (Å²) in [5.74, 6) is 0. The fraction of sp³-hybridized carbons (Fsp3) is 0.0588. The first-order chi connectivity index (χ1) is 26.5. The van der Waals surface area contributed by atoms with Crippen LogP contribution in [0.2, 0.25) is 0 Å². The number of rotatable bonds is 5. The van der Waals surface area contributed by atoms with E-state index in [2.05, 4.69) is 188 Å². The van der Waals surface area contributed by atoms with Gasteiger partial charge in [-0.25, -0.2) is 0 Å². The number of aromatic amines is 1. The topological polar surface area (TPSA) is 32.2 Å². The number of benzene rings is 8. The van der Waals surface area contributed by atoms with E-state index < -0.39 is 0 Å². The molecule has 2 heterocycles. The summed E-state index contributed by atoms with van der Waals surface area (Å²) in [5.41, 5.74) is 17.4. The Balaban J connectivity index is 1.06. The molecule has 1 N–H and O–H groups in total. The average Bonchev–Trinajstić information content (AvgIpc) is 3.86. The van der Waals surface area contributed by atoms with Crippen molar-refractivity contribution in [2.75, 3.05) is 4.90 Å². The molecule has 2 aromatic heterocycles. The summed E-state index contributed by atoms with van der Waals surface area (Å²) in [4.78, 5) is 6.21. The molecule has 0 bridgehead atoms. The molecule has 3 heteroatoms. The molecule has 1 aliphatic carbocycles. The van der Waals surface area contributed by atoms with Gasteiger partial charge in [-0.05, 0) is 99.6 Å². The first kappa shape index (κ1) is 30.8. The van der Waals surface area contributed by atoms with E-state index in [1.165, 1.54) is 44.2 Å². The molecule has 0 unspecified atom stereocenters. The van der Waals surface area contributed by atoms with Crippen LogP contribution in [-0.2, 0) is 5.41 Å². The quantitative estimate of drug-likeness (QED) is 0.195. The number of furan rings is 1. The Morgan fingerprint density at radius 2 is 1.07 bits per heavy atom. The lowest BCUT2D eigenvalue weighted by Crippen LogP contribution is -2.16. The lowest BCUT2D eigenvalue weighted by atomic mass is 9.82. The van der Waals surface area contributed by atoms with Gasteiger partial charge >= 0.3 is 0 Å². The molecule has 0 atom stereocenters. The van der Waals surface area contributed by atoms with E-state index in [1.807, 2.05) is 12.1 Å². The molecule has 0 spiro atoms. The second kappa shape index (κ2) is 11.6. The molecule has 0 amide bonds. The van der Waals surface area contributed by atoms with Crippen molar-refractivity contribution >= 4 is 60.8 Å². The fourth-order valence-corrected chi connectivity index (χ4v) is 8.90. The van der Waals surface area contributed by atoms with Crippen LogP contribution in [0.25, 0.3) is 77.1 Å². The minimum absolute atomic E-state index is 0.104. The zero-order valence-corrected chi connectivity index (χ0v) is 30.1. The van der Waals surface area contributed by atoms with E-state index in [4.69, 9.17) is 4.42 Å². The number of para-hydroxylation sites is 2. The highest BCUT2D eigenvalue weighted by Crippen LogP contribution is 2.51. The third-order valence-corrected chi connectivity index (χ3v) is 11.6. The highest BCUT2D eigenvalue weighted by atomic mass is 16.3. The lowest BCUT2D eigenvalue weighted by Gasteiger charge is -2.28. The third kappa shape index (κ3) is 4.61. The molecule has 0 saturated carbocycles. The van der Waals surface area contributed by atoms with Gasteiger partial charge in [0.05, 0.1) is 5.52 Å². The monoisotopic (exact) mass is 692 g/mol. The predicted molar refractivity (Wildman–Crippen MR) is 226 cm³/mol. The maximum Gasteiger partial charge on any atom is 0.136 e. The van der Waals surface area contributed by atoms with Crippen molar-refractivity contribution in [2.45, 2.75) is 19.3 Å². The Morgan fingerprint density at radius 1 is 0.426 bits per heavy atom. The molecule has 10 aromatic rings. The molecule has 256 valence electrons. The minimum Gasteiger partial charge on any atom is -0.456 e. The summed E-state index contributed by atoms with van der Waals surface area (Å²) < 4.78 is 6.29. The van der Waals surface area contributed by atoms with Crippen molar-refractivity contribution in [2.24, 2.45) is 0 Å². The molecule has 11 rings (SSSR count). The normalized spacial score (nSPS) is 13.1. The van der Waals surface area contributed by atoms with Gasteiger partial charge in [0.2, 0.25) is 0 Å². The van der Waals surface area contributed by atoms with Gasteiger partial charge < -0.3 is 14.3 Å². The second-order valence-electron chi connectivity index (χ2n) is 15.0. The number of H-pyrrole nitrogens is 1. The van der Waals surface area contributed by atoms with Gasteiger partial charge in [0.15, 0.2) is 0 Å². The van der Waals surface area contributed by atoms with Crippen molar-refractivity contribution < 1.29 is 4.42 Å². The van der Waals surface area contributed by atoms with Gasteiger partial charge in [0.25, 0.3) is 0 Å². The Labute approximate surface area is 313 Å². The van der Waals surface area contributed by atoms with Crippen LogP contribution in [0.15, 0.2) is 180 Å². The van der Waals surface area contributed by atoms with E-state index in [0.29, 0.717) is 0 Å². The summed E-state index contributed by atoms with van der Waals surface area (Å²) in [5, 5.41) is 4.66. The fourth-order valence-electron chi connectivity index (χ4n) is 8.90. The standard InChI is InChI=1S/C51H36N2O/c1-51(2)45-17-8-6-13-39(45)40-27-24-37(31-46(40)51)53(35-22-19-33(20-23-35)32-11-4-3-5-12-32)36-25-28-47-44(30-36)43-16-10-15-38(50(43)52-47)34-21-26-42-41-14-7-9-18-48(41)54-49(42)29-34/h3-31,52H,1-2H3. The number of hydrogen-bond acceptors (Lipinski definition) is 2. The molecule has 0 fully saturated rings. The molecule has 0 saturated heterocycles. The largest absolute Gasteiger partial charge is 0.456 e. The summed E-state index contributed by atoms with van der Waals surface area (Å²) in [6.45, 7) is 4.70. The van der Waals surface area contributed by atoms with E-state index in [0.717, 1.165) is 61.2 Å². The SMILES string of the molecule is CC1(C)c2ccccc2-c2ccc(N(c3ccc(-c4ccccc4)cc3)c3ccc4[nH]c5c(-c6ccc7c(c6)oc6ccccc67)cccc5c4c3)cc21. The molecular weight excluding hydrogens is 657 g/mol. The molecule has 0 aliphatic heterocycles. The third-order valence-electron chi connectivity index (χ3n) is 11.6. The number of aromatic nitrogens is 1. The molecule has 54 heavy (non-hydrogen) atoms. The molecule has 1 aliphatic rings. The van der Waals surface area contributed by atoms with Crippen LogP contribution >= 0.6 is 0 Å². The maximum absolute atomic E-state index is 6.29. The second-order valence-corrected chi connectivity index (χ2v) is 15.0. The Morgan fingerprint density at radius 3 is 1.96 bits per heavy atom. The molecule has 8 aromatic carbocycles. The Hall–Kier alpha value is -6.84. The van der Waals surface area contributed by atoms with E-state index in [1.54, 1.807) is 0 Å². The first-order valence-corrected chi connectivity index (χ1v) is 18.7. The Kier molecular flexibility index (Phi) is 6.60. The summed E-state index contributed by atoms with van der Waals surface area (Å²) >= 11 is 0. The molecular formula is C51H36N2O. The number of anilines is 3. The van der Waals surface area contributed by atoms with Gasteiger partial charge in [-0.2, -0.15) is 0 Å². The van der Waals surface area contributed by atoms with Crippen molar-refractivity contribution in [1.29, 1.82) is 0 Å². The number of hydrogen-bond donors (Lipinski definition) is 1. The zero-order valence-electron chi connectivity index (χ0n) is 30.1. The summed E-state index contributed by atoms with van der Waals surface area (Å²) in [6.07, 6.45) is 0. The van der Waals surface area contributed by atoms with Gasteiger partial charge in [-0.3, -0.25) is 0 Å². The van der Waals surface area contributed by atoms with Crippen LogP contribution in [0.3, 0.4) is 0 Å².